The van der Waals surface area contributed by atoms with Crippen molar-refractivity contribution in [1.29, 1.82) is 0 Å². The van der Waals surface area contributed by atoms with Gasteiger partial charge in [0.25, 0.3) is 0 Å². The summed E-state index contributed by atoms with van der Waals surface area (Å²) in [7, 11) is 0. The minimum absolute atomic E-state index is 0.382. The van der Waals surface area contributed by atoms with Gasteiger partial charge < -0.3 is 0 Å². The van der Waals surface area contributed by atoms with E-state index in [0.717, 1.165) is 44.5 Å². The Morgan fingerprint density at radius 3 is 0.797 bits per heavy atom. The molecular weight excluding hydrogens is 787 g/mol. The summed E-state index contributed by atoms with van der Waals surface area (Å²) in [5.41, 5.74) is 8.24. The summed E-state index contributed by atoms with van der Waals surface area (Å²) in [5.74, 6) is 4.83. The smallest absolute Gasteiger partial charge is 0.164 e. The lowest BCUT2D eigenvalue weighted by molar-refractivity contribution is 0.543. The molecule has 0 unspecified atom stereocenters. The second-order valence-corrected chi connectivity index (χ2v) is 16.4. The Kier molecular flexibility index (Phi) is 10.6. The van der Waals surface area contributed by atoms with Gasteiger partial charge in [-0.1, -0.05) is 191 Å². The zero-order valence-electron chi connectivity index (χ0n) is 35.5. The highest BCUT2D eigenvalue weighted by Crippen LogP contribution is 2.35. The summed E-state index contributed by atoms with van der Waals surface area (Å²) in [4.78, 5) is 46.0. The molecule has 0 fully saturated rings. The van der Waals surface area contributed by atoms with Crippen LogP contribution >= 0.6 is 0 Å². The Morgan fingerprint density at radius 1 is 0.219 bits per heavy atom. The quantitative estimate of drug-likeness (QED) is 0.140. The van der Waals surface area contributed by atoms with Crippen molar-refractivity contribution in [2.45, 2.75) is 26.2 Å². The largest absolute Gasteiger partial charge is 0.212 e. The Labute approximate surface area is 371 Å². The third-order valence-electron chi connectivity index (χ3n) is 10.6. The van der Waals surface area contributed by atoms with Crippen LogP contribution in [-0.2, 0) is 5.41 Å². The molecule has 10 aromatic rings. The molecule has 0 bridgehead atoms. The average Bonchev–Trinajstić information content (AvgIpc) is 3.37. The van der Waals surface area contributed by atoms with Crippen molar-refractivity contribution in [3.8, 4) is 102 Å². The summed E-state index contributed by atoms with van der Waals surface area (Å²) < 4.78 is 0. The summed E-state index contributed by atoms with van der Waals surface area (Å²) in [6.07, 6.45) is 0. The fourth-order valence-electron chi connectivity index (χ4n) is 7.33. The van der Waals surface area contributed by atoms with Gasteiger partial charge in [-0.05, 0) is 35.4 Å². The average molecular weight is 828 g/mol. The molecular formula is C55H41N9. The van der Waals surface area contributed by atoms with Gasteiger partial charge in [-0.25, -0.2) is 44.9 Å². The molecule has 0 amide bonds. The highest BCUT2D eigenvalue weighted by molar-refractivity contribution is 5.79. The van der Waals surface area contributed by atoms with Gasteiger partial charge in [0.05, 0.1) is 0 Å². The predicted octanol–water partition coefficient (Wildman–Crippen LogP) is 12.5. The second kappa shape index (κ2) is 17.1. The van der Waals surface area contributed by atoms with Crippen LogP contribution in [0.3, 0.4) is 0 Å². The fraction of sp³-hybridized carbons (Fsp3) is 0.0727. The zero-order chi connectivity index (χ0) is 43.5. The molecule has 9 nitrogen and oxygen atoms in total. The van der Waals surface area contributed by atoms with Crippen LogP contribution in [0.2, 0.25) is 0 Å². The van der Waals surface area contributed by atoms with E-state index >= 15 is 0 Å². The SMILES string of the molecule is CC(C)(C)c1nc(-c2ccccc2)nc(-c2cc(-c3nc(-c4ccccc4)nc(-c4ccccc4)n3)cc(-c3nc(-c4ccccc4)nc(-c4cccc(-c5ccccc5)c4)n3)c2)n1. The van der Waals surface area contributed by atoms with Gasteiger partial charge in [-0.2, -0.15) is 0 Å². The Balaban J connectivity index is 1.23. The van der Waals surface area contributed by atoms with Gasteiger partial charge >= 0.3 is 0 Å². The normalized spacial score (nSPS) is 11.4. The van der Waals surface area contributed by atoms with Crippen LogP contribution in [-0.4, -0.2) is 44.9 Å². The number of nitrogens with zero attached hydrogens (tertiary/aromatic N) is 9. The lowest BCUT2D eigenvalue weighted by Gasteiger charge is -2.18. The maximum absolute atomic E-state index is 5.23. The number of benzene rings is 7. The first kappa shape index (κ1) is 39.7. The van der Waals surface area contributed by atoms with Crippen LogP contribution in [0.25, 0.3) is 102 Å². The van der Waals surface area contributed by atoms with E-state index in [-0.39, 0.29) is 5.41 Å². The molecule has 0 aliphatic heterocycles. The number of hydrogen-bond donors (Lipinski definition) is 0. The van der Waals surface area contributed by atoms with Crippen LogP contribution in [0.1, 0.15) is 26.6 Å². The predicted molar refractivity (Wildman–Crippen MR) is 254 cm³/mol. The van der Waals surface area contributed by atoms with Gasteiger partial charge in [0.1, 0.15) is 5.82 Å². The lowest BCUT2D eigenvalue weighted by Crippen LogP contribution is -2.18. The molecule has 9 heteroatoms. The molecule has 10 rings (SSSR count). The molecule has 3 aromatic heterocycles. The number of rotatable bonds is 9. The monoisotopic (exact) mass is 827 g/mol. The van der Waals surface area contributed by atoms with Gasteiger partial charge in [0.2, 0.25) is 0 Å². The van der Waals surface area contributed by atoms with Gasteiger partial charge in [0, 0.05) is 49.9 Å². The van der Waals surface area contributed by atoms with Crippen molar-refractivity contribution in [1.82, 2.24) is 44.9 Å². The fourth-order valence-corrected chi connectivity index (χ4v) is 7.33. The molecule has 7 aromatic carbocycles. The minimum Gasteiger partial charge on any atom is -0.212 e. The Morgan fingerprint density at radius 2 is 0.453 bits per heavy atom. The van der Waals surface area contributed by atoms with E-state index in [4.69, 9.17) is 44.9 Å². The molecule has 0 radical (unpaired) electrons. The first-order valence-corrected chi connectivity index (χ1v) is 21.1. The van der Waals surface area contributed by atoms with E-state index in [1.807, 2.05) is 170 Å². The summed E-state index contributed by atoms with van der Waals surface area (Å²) in [5, 5.41) is 0. The van der Waals surface area contributed by atoms with Gasteiger partial charge in [0.15, 0.2) is 46.6 Å². The van der Waals surface area contributed by atoms with Crippen LogP contribution in [0.5, 0.6) is 0 Å². The molecule has 0 aliphatic carbocycles. The molecule has 0 N–H and O–H groups in total. The molecule has 3 heterocycles. The first-order valence-electron chi connectivity index (χ1n) is 21.1. The third kappa shape index (κ3) is 8.55. The van der Waals surface area contributed by atoms with Crippen molar-refractivity contribution < 1.29 is 0 Å². The molecule has 0 atom stereocenters. The highest BCUT2D eigenvalue weighted by atomic mass is 15.1. The molecule has 306 valence electrons. The van der Waals surface area contributed by atoms with Crippen molar-refractivity contribution in [2.75, 3.05) is 0 Å². The maximum Gasteiger partial charge on any atom is 0.164 e. The van der Waals surface area contributed by atoms with Gasteiger partial charge in [-0.3, -0.25) is 0 Å². The molecule has 0 saturated carbocycles. The van der Waals surface area contributed by atoms with Crippen LogP contribution < -0.4 is 0 Å². The van der Waals surface area contributed by atoms with E-state index in [2.05, 4.69) is 45.0 Å². The summed E-state index contributed by atoms with van der Waals surface area (Å²) in [6.45, 7) is 6.32. The van der Waals surface area contributed by atoms with Crippen molar-refractivity contribution in [3.05, 3.63) is 200 Å². The second-order valence-electron chi connectivity index (χ2n) is 16.4. The van der Waals surface area contributed by atoms with E-state index in [9.17, 15) is 0 Å². The van der Waals surface area contributed by atoms with Crippen molar-refractivity contribution in [3.63, 3.8) is 0 Å². The molecule has 0 aliphatic rings. The van der Waals surface area contributed by atoms with Crippen molar-refractivity contribution in [2.24, 2.45) is 0 Å². The molecule has 64 heavy (non-hydrogen) atoms. The molecule has 0 saturated heterocycles. The summed E-state index contributed by atoms with van der Waals surface area (Å²) >= 11 is 0. The van der Waals surface area contributed by atoms with E-state index in [1.165, 1.54) is 0 Å². The first-order chi connectivity index (χ1) is 31.3. The van der Waals surface area contributed by atoms with Crippen LogP contribution in [0.4, 0.5) is 0 Å². The standard InChI is InChI=1S/C55H41N9/c1-55(2,3)54-63-49(40-28-17-8-18-29-40)61-53(64-54)45-34-43(51-58-46(37-22-11-5-12-23-37)56-47(59-51)38-24-13-6-14-25-38)33-44(35-45)52-60-48(39-26-15-7-16-27-39)57-50(62-52)42-31-19-30-41(32-42)36-20-9-4-10-21-36/h4-35H,1-3H3. The Bertz CT molecular complexity index is 3170. The highest BCUT2D eigenvalue weighted by Gasteiger charge is 2.23. The Hall–Kier alpha value is -8.43. The van der Waals surface area contributed by atoms with Crippen molar-refractivity contribution >= 4 is 0 Å². The van der Waals surface area contributed by atoms with Gasteiger partial charge in [-0.15, -0.1) is 0 Å². The van der Waals surface area contributed by atoms with E-state index < -0.39 is 0 Å². The molecule has 0 spiro atoms. The van der Waals surface area contributed by atoms with E-state index in [1.54, 1.807) is 0 Å². The number of hydrogen-bond acceptors (Lipinski definition) is 9. The lowest BCUT2D eigenvalue weighted by atomic mass is 9.95. The summed E-state index contributed by atoms with van der Waals surface area (Å²) in [6, 6.07) is 64.6. The third-order valence-corrected chi connectivity index (χ3v) is 10.6. The van der Waals surface area contributed by atoms with Crippen LogP contribution in [0, 0.1) is 0 Å². The number of aromatic nitrogens is 9. The van der Waals surface area contributed by atoms with Crippen LogP contribution in [0.15, 0.2) is 194 Å². The minimum atomic E-state index is -0.382. The zero-order valence-corrected chi connectivity index (χ0v) is 35.5. The topological polar surface area (TPSA) is 116 Å². The maximum atomic E-state index is 5.23. The van der Waals surface area contributed by atoms with E-state index in [0.29, 0.717) is 63.5 Å².